The molecule has 2 aromatic rings. The summed E-state index contributed by atoms with van der Waals surface area (Å²) in [6, 6.07) is 4.82. The summed E-state index contributed by atoms with van der Waals surface area (Å²) in [5.41, 5.74) is 6.78. The fourth-order valence-electron chi connectivity index (χ4n) is 2.17. The third-order valence-electron chi connectivity index (χ3n) is 3.47. The topological polar surface area (TPSA) is 53.1 Å². The normalized spacial score (nSPS) is 12.4. The fraction of sp³-hybridized carbons (Fsp3) is 0.438. The maximum absolute atomic E-state index is 13.6. The van der Waals surface area contributed by atoms with Crippen LogP contribution in [-0.2, 0) is 19.9 Å². The number of imidazole rings is 1. The van der Waals surface area contributed by atoms with Gasteiger partial charge in [0.1, 0.15) is 17.4 Å². The highest BCUT2D eigenvalue weighted by atomic mass is 19.1. The van der Waals surface area contributed by atoms with Gasteiger partial charge < -0.3 is 15.0 Å². The zero-order valence-corrected chi connectivity index (χ0v) is 12.6. The number of aryl methyl sites for hydroxylation is 1. The van der Waals surface area contributed by atoms with Gasteiger partial charge >= 0.3 is 0 Å². The minimum atomic E-state index is -0.289. The Morgan fingerprint density at radius 1 is 1.38 bits per heavy atom. The molecule has 1 heterocycles. The fourth-order valence-corrected chi connectivity index (χ4v) is 2.17. The van der Waals surface area contributed by atoms with Gasteiger partial charge in [-0.1, -0.05) is 6.92 Å². The highest BCUT2D eigenvalue weighted by molar-refractivity contribution is 5.30. The Labute approximate surface area is 124 Å². The number of nitrogens with two attached hydrogens (primary N) is 1. The van der Waals surface area contributed by atoms with Crippen molar-refractivity contribution in [3.05, 3.63) is 47.8 Å². The van der Waals surface area contributed by atoms with Crippen LogP contribution in [0.2, 0.25) is 0 Å². The van der Waals surface area contributed by atoms with Crippen LogP contribution < -0.4 is 10.5 Å². The van der Waals surface area contributed by atoms with Crippen LogP contribution in [0, 0.1) is 5.82 Å². The number of halogens is 1. The van der Waals surface area contributed by atoms with E-state index in [1.54, 1.807) is 6.20 Å². The Kier molecular flexibility index (Phi) is 5.33. The summed E-state index contributed by atoms with van der Waals surface area (Å²) in [6.45, 7) is 2.49. The second-order valence-corrected chi connectivity index (χ2v) is 5.22. The summed E-state index contributed by atoms with van der Waals surface area (Å²) in [7, 11) is 1.94. The van der Waals surface area contributed by atoms with Crippen molar-refractivity contribution in [3.63, 3.8) is 0 Å². The molecule has 21 heavy (non-hydrogen) atoms. The van der Waals surface area contributed by atoms with Crippen molar-refractivity contribution in [2.24, 2.45) is 12.8 Å². The van der Waals surface area contributed by atoms with Crippen LogP contribution in [0.25, 0.3) is 0 Å². The molecule has 114 valence electrons. The second kappa shape index (κ2) is 7.22. The van der Waals surface area contributed by atoms with E-state index < -0.39 is 0 Å². The van der Waals surface area contributed by atoms with E-state index >= 15 is 0 Å². The van der Waals surface area contributed by atoms with E-state index in [-0.39, 0.29) is 11.9 Å². The molecule has 0 spiro atoms. The molecule has 0 saturated heterocycles. The number of rotatable bonds is 7. The number of benzene rings is 1. The lowest BCUT2D eigenvalue weighted by atomic mass is 10.0. The molecule has 0 radical (unpaired) electrons. The van der Waals surface area contributed by atoms with Gasteiger partial charge in [-0.2, -0.15) is 0 Å². The first kappa shape index (κ1) is 15.5. The Balaban J connectivity index is 1.95. The predicted molar refractivity (Wildman–Crippen MR) is 80.8 cm³/mol. The standard InChI is InChI=1S/C16H22FN3O/c1-3-14(18)9-12-8-13(17)11-15(10-12)21-7-4-16-19-5-6-20(16)2/h5-6,8,10-11,14H,3-4,7,9,18H2,1-2H3. The number of hydrogen-bond acceptors (Lipinski definition) is 3. The van der Waals surface area contributed by atoms with Crippen molar-refractivity contribution >= 4 is 0 Å². The van der Waals surface area contributed by atoms with Gasteiger partial charge in [-0.25, -0.2) is 9.37 Å². The van der Waals surface area contributed by atoms with Crippen LogP contribution in [0.5, 0.6) is 5.75 Å². The van der Waals surface area contributed by atoms with Gasteiger partial charge in [-0.05, 0) is 30.5 Å². The van der Waals surface area contributed by atoms with Crippen molar-refractivity contribution in [2.45, 2.75) is 32.2 Å². The molecule has 0 bridgehead atoms. The SMILES string of the molecule is CCC(N)Cc1cc(F)cc(OCCc2nccn2C)c1. The van der Waals surface area contributed by atoms with Crippen LogP contribution in [0.4, 0.5) is 4.39 Å². The molecular formula is C16H22FN3O. The van der Waals surface area contributed by atoms with E-state index in [0.717, 1.165) is 17.8 Å². The van der Waals surface area contributed by atoms with Gasteiger partial charge in [-0.15, -0.1) is 0 Å². The van der Waals surface area contributed by atoms with Crippen molar-refractivity contribution in [2.75, 3.05) is 6.61 Å². The lowest BCUT2D eigenvalue weighted by Gasteiger charge is -2.11. The molecule has 4 nitrogen and oxygen atoms in total. The molecule has 1 atom stereocenters. The zero-order chi connectivity index (χ0) is 15.2. The average molecular weight is 291 g/mol. The molecule has 5 heteroatoms. The molecular weight excluding hydrogens is 269 g/mol. The first-order valence-corrected chi connectivity index (χ1v) is 7.22. The lowest BCUT2D eigenvalue weighted by molar-refractivity contribution is 0.315. The van der Waals surface area contributed by atoms with Gasteiger partial charge in [0.15, 0.2) is 0 Å². The van der Waals surface area contributed by atoms with Crippen molar-refractivity contribution in [3.8, 4) is 5.75 Å². The minimum absolute atomic E-state index is 0.0484. The Bertz CT molecular complexity index is 583. The predicted octanol–water partition coefficient (Wildman–Crippen LogP) is 2.46. The Morgan fingerprint density at radius 3 is 2.86 bits per heavy atom. The van der Waals surface area contributed by atoms with Crippen LogP contribution >= 0.6 is 0 Å². The van der Waals surface area contributed by atoms with Crippen LogP contribution in [0.1, 0.15) is 24.7 Å². The van der Waals surface area contributed by atoms with E-state index in [1.165, 1.54) is 12.1 Å². The monoisotopic (exact) mass is 291 g/mol. The van der Waals surface area contributed by atoms with Gasteiger partial charge in [0.25, 0.3) is 0 Å². The first-order valence-electron chi connectivity index (χ1n) is 7.22. The van der Waals surface area contributed by atoms with E-state index in [0.29, 0.717) is 25.2 Å². The maximum atomic E-state index is 13.6. The third kappa shape index (κ3) is 4.56. The van der Waals surface area contributed by atoms with E-state index in [4.69, 9.17) is 10.5 Å². The minimum Gasteiger partial charge on any atom is -0.493 e. The van der Waals surface area contributed by atoms with Gasteiger partial charge in [0.2, 0.25) is 0 Å². The molecule has 0 amide bonds. The molecule has 0 aliphatic rings. The number of hydrogen-bond donors (Lipinski definition) is 1. The summed E-state index contributed by atoms with van der Waals surface area (Å²) >= 11 is 0. The largest absolute Gasteiger partial charge is 0.493 e. The molecule has 2 rings (SSSR count). The average Bonchev–Trinajstić information content (AvgIpc) is 2.84. The second-order valence-electron chi connectivity index (χ2n) is 5.22. The van der Waals surface area contributed by atoms with Crippen LogP contribution in [0.15, 0.2) is 30.6 Å². The number of nitrogens with zero attached hydrogens (tertiary/aromatic N) is 2. The molecule has 0 aliphatic heterocycles. The summed E-state index contributed by atoms with van der Waals surface area (Å²) < 4.78 is 21.2. The van der Waals surface area contributed by atoms with E-state index in [9.17, 15) is 4.39 Å². The number of aromatic nitrogens is 2. The highest BCUT2D eigenvalue weighted by Crippen LogP contribution is 2.18. The third-order valence-corrected chi connectivity index (χ3v) is 3.47. The summed E-state index contributed by atoms with van der Waals surface area (Å²) in [6.07, 6.45) is 5.85. The maximum Gasteiger partial charge on any atom is 0.127 e. The van der Waals surface area contributed by atoms with Gasteiger partial charge in [0, 0.05) is 38.0 Å². The molecule has 1 aromatic carbocycles. The van der Waals surface area contributed by atoms with Crippen LogP contribution in [0.3, 0.4) is 0 Å². The lowest BCUT2D eigenvalue weighted by Crippen LogP contribution is -2.21. The van der Waals surface area contributed by atoms with Crippen LogP contribution in [-0.4, -0.2) is 22.2 Å². The molecule has 0 saturated carbocycles. The number of ether oxygens (including phenoxy) is 1. The first-order chi connectivity index (χ1) is 10.1. The molecule has 0 aliphatic carbocycles. The highest BCUT2D eigenvalue weighted by Gasteiger charge is 2.07. The smallest absolute Gasteiger partial charge is 0.127 e. The summed E-state index contributed by atoms with van der Waals surface area (Å²) in [5, 5.41) is 0. The van der Waals surface area contributed by atoms with Crippen molar-refractivity contribution < 1.29 is 9.13 Å². The van der Waals surface area contributed by atoms with E-state index in [1.807, 2.05) is 30.8 Å². The van der Waals surface area contributed by atoms with Crippen molar-refractivity contribution in [1.29, 1.82) is 0 Å². The summed E-state index contributed by atoms with van der Waals surface area (Å²) in [5.74, 6) is 1.20. The van der Waals surface area contributed by atoms with Gasteiger partial charge in [0.05, 0.1) is 6.61 Å². The summed E-state index contributed by atoms with van der Waals surface area (Å²) in [4.78, 5) is 4.22. The Morgan fingerprint density at radius 2 is 2.19 bits per heavy atom. The molecule has 1 unspecified atom stereocenters. The molecule has 0 fully saturated rings. The van der Waals surface area contributed by atoms with Gasteiger partial charge in [-0.3, -0.25) is 0 Å². The Hall–Kier alpha value is -1.88. The molecule has 1 aromatic heterocycles. The molecule has 2 N–H and O–H groups in total. The van der Waals surface area contributed by atoms with E-state index in [2.05, 4.69) is 4.98 Å². The zero-order valence-electron chi connectivity index (χ0n) is 12.6. The quantitative estimate of drug-likeness (QED) is 0.852. The van der Waals surface area contributed by atoms with Crippen molar-refractivity contribution in [1.82, 2.24) is 9.55 Å².